The van der Waals surface area contributed by atoms with Gasteiger partial charge in [0.05, 0.1) is 11.2 Å². The maximum absolute atomic E-state index is 4.85. The van der Waals surface area contributed by atoms with Crippen LogP contribution in [0, 0.1) is 0 Å². The van der Waals surface area contributed by atoms with Gasteiger partial charge in [0.15, 0.2) is 5.49 Å². The molecule has 0 fully saturated rings. The summed E-state index contributed by atoms with van der Waals surface area (Å²) in [7, 11) is 0. The lowest BCUT2D eigenvalue weighted by atomic mass is 10.0. The molecule has 0 saturated carbocycles. The van der Waals surface area contributed by atoms with Gasteiger partial charge in [0.1, 0.15) is 0 Å². The molecule has 2 aliphatic rings. The largest absolute Gasteiger partial charge is 0.228 e. The number of rotatable bonds is 0. The van der Waals surface area contributed by atoms with Gasteiger partial charge in [-0.2, -0.15) is 0 Å². The SMILES string of the molecule is C1=CCC2=c3cc4ccc5ccccc5c4nc3=NC2=C1. The molecule has 0 atom stereocenters. The Kier molecular flexibility index (Phi) is 2.03. The Morgan fingerprint density at radius 2 is 1.86 bits per heavy atom. The van der Waals surface area contributed by atoms with Crippen LogP contribution in [0.25, 0.3) is 27.2 Å². The molecule has 1 aliphatic carbocycles. The van der Waals surface area contributed by atoms with Gasteiger partial charge in [-0.15, -0.1) is 0 Å². The van der Waals surface area contributed by atoms with Gasteiger partial charge in [-0.25, -0.2) is 9.98 Å². The van der Waals surface area contributed by atoms with Crippen molar-refractivity contribution in [3.05, 3.63) is 77.1 Å². The minimum absolute atomic E-state index is 0.865. The first-order chi connectivity index (χ1) is 10.4. The molecule has 0 spiro atoms. The smallest absolute Gasteiger partial charge is 0.160 e. The average molecular weight is 268 g/mol. The van der Waals surface area contributed by atoms with Crippen molar-refractivity contribution in [2.75, 3.05) is 0 Å². The second-order valence-corrected chi connectivity index (χ2v) is 5.49. The number of pyridine rings is 1. The monoisotopic (exact) mass is 268 g/mol. The van der Waals surface area contributed by atoms with Crippen LogP contribution in [-0.4, -0.2) is 4.98 Å². The summed E-state index contributed by atoms with van der Waals surface area (Å²) in [5.41, 5.74) is 4.28. The summed E-state index contributed by atoms with van der Waals surface area (Å²) in [5, 5.41) is 4.79. The van der Waals surface area contributed by atoms with E-state index in [4.69, 9.17) is 9.98 Å². The Labute approximate surface area is 121 Å². The third-order valence-electron chi connectivity index (χ3n) is 4.26. The molecule has 1 aliphatic heterocycles. The fraction of sp³-hybridized carbons (Fsp3) is 0.0526. The summed E-state index contributed by atoms with van der Waals surface area (Å²) in [6.45, 7) is 0. The average Bonchev–Trinajstić information content (AvgIpc) is 2.90. The van der Waals surface area contributed by atoms with E-state index < -0.39 is 0 Å². The topological polar surface area (TPSA) is 25.2 Å². The van der Waals surface area contributed by atoms with Crippen molar-refractivity contribution in [2.45, 2.75) is 6.42 Å². The lowest BCUT2D eigenvalue weighted by molar-refractivity contribution is 1.17. The van der Waals surface area contributed by atoms with E-state index in [1.165, 1.54) is 27.0 Å². The second-order valence-electron chi connectivity index (χ2n) is 5.49. The Morgan fingerprint density at radius 1 is 0.952 bits per heavy atom. The second kappa shape index (κ2) is 3.89. The highest BCUT2D eigenvalue weighted by atomic mass is 14.9. The van der Waals surface area contributed by atoms with Crippen LogP contribution in [0.15, 0.2) is 71.4 Å². The molecule has 2 nitrogen and oxygen atoms in total. The Morgan fingerprint density at radius 3 is 2.86 bits per heavy atom. The number of aromatic nitrogens is 1. The summed E-state index contributed by atoms with van der Waals surface area (Å²) in [6.07, 6.45) is 7.27. The Balaban J connectivity index is 1.99. The first-order valence-electron chi connectivity index (χ1n) is 7.18. The maximum atomic E-state index is 4.85. The molecule has 5 rings (SSSR count). The van der Waals surface area contributed by atoms with Gasteiger partial charge < -0.3 is 0 Å². The highest BCUT2D eigenvalue weighted by Crippen LogP contribution is 2.25. The molecule has 0 N–H and O–H groups in total. The molecule has 0 amide bonds. The summed E-state index contributed by atoms with van der Waals surface area (Å²) < 4.78 is 0. The molecule has 0 unspecified atom stereocenters. The number of allylic oxidation sites excluding steroid dienone is 4. The van der Waals surface area contributed by atoms with Crippen molar-refractivity contribution in [3.63, 3.8) is 0 Å². The van der Waals surface area contributed by atoms with E-state index >= 15 is 0 Å². The molecule has 2 heteroatoms. The normalized spacial score (nSPS) is 15.8. The maximum Gasteiger partial charge on any atom is 0.160 e. The lowest BCUT2D eigenvalue weighted by Crippen LogP contribution is -2.26. The van der Waals surface area contributed by atoms with Crippen molar-refractivity contribution in [1.82, 2.24) is 4.98 Å². The molecule has 0 saturated heterocycles. The third kappa shape index (κ3) is 1.47. The molecular formula is C19H12N2. The molecule has 2 aromatic carbocycles. The van der Waals surface area contributed by atoms with E-state index in [9.17, 15) is 0 Å². The van der Waals surface area contributed by atoms with Gasteiger partial charge in [-0.05, 0) is 29.5 Å². The van der Waals surface area contributed by atoms with Gasteiger partial charge in [0.2, 0.25) is 0 Å². The number of benzene rings is 2. The van der Waals surface area contributed by atoms with Crippen molar-refractivity contribution in [1.29, 1.82) is 0 Å². The Hall–Kier alpha value is -2.74. The van der Waals surface area contributed by atoms with Crippen LogP contribution < -0.4 is 10.7 Å². The zero-order valence-electron chi connectivity index (χ0n) is 11.4. The van der Waals surface area contributed by atoms with Gasteiger partial charge >= 0.3 is 0 Å². The molecule has 0 radical (unpaired) electrons. The molecule has 2 heterocycles. The van der Waals surface area contributed by atoms with E-state index in [1.807, 2.05) is 0 Å². The minimum Gasteiger partial charge on any atom is -0.228 e. The van der Waals surface area contributed by atoms with Gasteiger partial charge in [-0.3, -0.25) is 0 Å². The summed E-state index contributed by atoms with van der Waals surface area (Å²) >= 11 is 0. The van der Waals surface area contributed by atoms with Crippen LogP contribution in [0.3, 0.4) is 0 Å². The summed E-state index contributed by atoms with van der Waals surface area (Å²) in [5.74, 6) is 0. The van der Waals surface area contributed by atoms with Crippen LogP contribution in [-0.2, 0) is 0 Å². The zero-order valence-corrected chi connectivity index (χ0v) is 11.4. The highest BCUT2D eigenvalue weighted by Gasteiger charge is 2.15. The number of fused-ring (bicyclic) bond motifs is 5. The molecule has 1 aromatic heterocycles. The van der Waals surface area contributed by atoms with Gasteiger partial charge in [0.25, 0.3) is 0 Å². The van der Waals surface area contributed by atoms with E-state index in [2.05, 4.69) is 60.7 Å². The highest BCUT2D eigenvalue weighted by molar-refractivity contribution is 6.05. The molecule has 21 heavy (non-hydrogen) atoms. The van der Waals surface area contributed by atoms with E-state index in [0.717, 1.165) is 23.1 Å². The molecule has 0 bridgehead atoms. The number of hydrogen-bond donors (Lipinski definition) is 0. The molecule has 98 valence electrons. The zero-order chi connectivity index (χ0) is 13.8. The van der Waals surface area contributed by atoms with Crippen LogP contribution in [0.2, 0.25) is 0 Å². The van der Waals surface area contributed by atoms with Crippen LogP contribution >= 0.6 is 0 Å². The first-order valence-corrected chi connectivity index (χ1v) is 7.18. The van der Waals surface area contributed by atoms with Crippen molar-refractivity contribution < 1.29 is 0 Å². The van der Waals surface area contributed by atoms with E-state index in [-0.39, 0.29) is 0 Å². The van der Waals surface area contributed by atoms with E-state index in [0.29, 0.717) is 0 Å². The van der Waals surface area contributed by atoms with E-state index in [1.54, 1.807) is 0 Å². The standard InChI is InChI=1S/C19H12N2/c1-2-6-14-12(5-1)9-10-13-11-16-15-7-3-4-8-17(15)20-19(16)21-18(13)14/h1-6,8-11H,7H2. The first kappa shape index (κ1) is 11.0. The lowest BCUT2D eigenvalue weighted by Gasteiger charge is -2.04. The summed E-state index contributed by atoms with van der Waals surface area (Å²) in [4.78, 5) is 9.54. The van der Waals surface area contributed by atoms with Crippen molar-refractivity contribution in [2.24, 2.45) is 4.99 Å². The van der Waals surface area contributed by atoms with Crippen molar-refractivity contribution >= 4 is 27.2 Å². The predicted octanol–water partition coefficient (Wildman–Crippen LogP) is 3.02. The molecular weight excluding hydrogens is 256 g/mol. The Bertz CT molecular complexity index is 1100. The molecule has 3 aromatic rings. The van der Waals surface area contributed by atoms with Gasteiger partial charge in [-0.1, -0.05) is 48.6 Å². The fourth-order valence-electron chi connectivity index (χ4n) is 3.22. The third-order valence-corrected chi connectivity index (χ3v) is 4.26. The number of nitrogens with zero attached hydrogens (tertiary/aromatic N) is 2. The van der Waals surface area contributed by atoms with Crippen LogP contribution in [0.1, 0.15) is 6.42 Å². The minimum atomic E-state index is 0.865. The quantitative estimate of drug-likeness (QED) is 0.575. The van der Waals surface area contributed by atoms with Gasteiger partial charge in [0, 0.05) is 16.0 Å². The number of hydrogen-bond acceptors (Lipinski definition) is 2. The summed E-state index contributed by atoms with van der Waals surface area (Å²) in [6, 6.07) is 14.9. The fourth-order valence-corrected chi connectivity index (χ4v) is 3.22. The van der Waals surface area contributed by atoms with Crippen LogP contribution in [0.4, 0.5) is 0 Å². The van der Waals surface area contributed by atoms with Crippen molar-refractivity contribution in [3.8, 4) is 0 Å². The predicted molar refractivity (Wildman–Crippen MR) is 85.3 cm³/mol. The van der Waals surface area contributed by atoms with Crippen LogP contribution in [0.5, 0.6) is 0 Å².